The molecule has 1 amide bonds. The zero-order valence-corrected chi connectivity index (χ0v) is 12.7. The fourth-order valence-corrected chi connectivity index (χ4v) is 3.75. The Hall–Kier alpha value is -1.06. The highest BCUT2D eigenvalue weighted by molar-refractivity contribution is 5.79. The summed E-state index contributed by atoms with van der Waals surface area (Å²) in [5.41, 5.74) is -0.225. The van der Waals surface area contributed by atoms with Gasteiger partial charge in [-0.05, 0) is 43.4 Å². The lowest BCUT2D eigenvalue weighted by Crippen LogP contribution is -2.55. The molecule has 2 aliphatic carbocycles. The van der Waals surface area contributed by atoms with Crippen molar-refractivity contribution in [2.75, 3.05) is 0 Å². The van der Waals surface area contributed by atoms with E-state index in [4.69, 9.17) is 5.11 Å². The molecule has 2 rings (SSSR count). The van der Waals surface area contributed by atoms with Gasteiger partial charge in [0.15, 0.2) is 0 Å². The summed E-state index contributed by atoms with van der Waals surface area (Å²) >= 11 is 0. The molecule has 0 aromatic heterocycles. The normalized spacial score (nSPS) is 27.4. The van der Waals surface area contributed by atoms with Gasteiger partial charge in [-0.3, -0.25) is 9.59 Å². The molecule has 0 aliphatic heterocycles. The number of rotatable bonds is 5. The number of hydrogen-bond acceptors (Lipinski definition) is 2. The molecular formula is C16H27NO3. The molecule has 2 fully saturated rings. The third-order valence-electron chi connectivity index (χ3n) is 5.37. The molecule has 20 heavy (non-hydrogen) atoms. The molecule has 0 aromatic carbocycles. The van der Waals surface area contributed by atoms with Crippen molar-refractivity contribution in [1.29, 1.82) is 0 Å². The Morgan fingerprint density at radius 2 is 1.85 bits per heavy atom. The molecule has 2 saturated carbocycles. The minimum absolute atomic E-state index is 0.0472. The third-order valence-corrected chi connectivity index (χ3v) is 5.37. The Balaban J connectivity index is 1.90. The minimum Gasteiger partial charge on any atom is -0.481 e. The van der Waals surface area contributed by atoms with Crippen molar-refractivity contribution in [1.82, 2.24) is 5.32 Å². The van der Waals surface area contributed by atoms with Crippen LogP contribution in [0.15, 0.2) is 0 Å². The van der Waals surface area contributed by atoms with E-state index in [0.29, 0.717) is 12.3 Å². The smallest absolute Gasteiger partial charge is 0.305 e. The van der Waals surface area contributed by atoms with Gasteiger partial charge in [0.2, 0.25) is 5.91 Å². The number of carboxylic acid groups (broad SMARTS) is 1. The molecule has 2 N–H and O–H groups in total. The lowest BCUT2D eigenvalue weighted by atomic mass is 9.67. The zero-order chi connectivity index (χ0) is 14.8. The highest BCUT2D eigenvalue weighted by Gasteiger charge is 2.41. The van der Waals surface area contributed by atoms with Gasteiger partial charge in [-0.15, -0.1) is 0 Å². The van der Waals surface area contributed by atoms with E-state index in [0.717, 1.165) is 25.7 Å². The SMILES string of the molecule is CC1(C)CCCCC1CC(=O)NC1(CC(=O)O)CCC1. The molecule has 0 spiro atoms. The predicted molar refractivity (Wildman–Crippen MR) is 77.3 cm³/mol. The molecule has 0 heterocycles. The zero-order valence-electron chi connectivity index (χ0n) is 12.7. The van der Waals surface area contributed by atoms with Gasteiger partial charge in [0.1, 0.15) is 0 Å². The average Bonchev–Trinajstić information content (AvgIpc) is 2.28. The number of carbonyl (C=O) groups excluding carboxylic acids is 1. The van der Waals surface area contributed by atoms with E-state index >= 15 is 0 Å². The molecule has 0 radical (unpaired) electrons. The van der Waals surface area contributed by atoms with Crippen molar-refractivity contribution in [3.63, 3.8) is 0 Å². The van der Waals surface area contributed by atoms with Gasteiger partial charge in [-0.2, -0.15) is 0 Å². The van der Waals surface area contributed by atoms with Crippen LogP contribution in [0.25, 0.3) is 0 Å². The number of aliphatic carboxylic acids is 1. The first kappa shape index (κ1) is 15.3. The van der Waals surface area contributed by atoms with Gasteiger partial charge in [0.25, 0.3) is 0 Å². The molecule has 4 nitrogen and oxygen atoms in total. The molecular weight excluding hydrogens is 254 g/mol. The second kappa shape index (κ2) is 5.74. The molecule has 0 saturated heterocycles. The first-order valence-corrected chi connectivity index (χ1v) is 7.86. The first-order chi connectivity index (χ1) is 9.33. The Bertz CT molecular complexity index is 385. The summed E-state index contributed by atoms with van der Waals surface area (Å²) in [6, 6.07) is 0. The molecule has 4 heteroatoms. The van der Waals surface area contributed by atoms with Gasteiger partial charge in [0, 0.05) is 6.42 Å². The maximum atomic E-state index is 12.3. The van der Waals surface area contributed by atoms with E-state index < -0.39 is 11.5 Å². The summed E-state index contributed by atoms with van der Waals surface area (Å²) < 4.78 is 0. The highest BCUT2D eigenvalue weighted by atomic mass is 16.4. The number of hydrogen-bond donors (Lipinski definition) is 2. The van der Waals surface area contributed by atoms with Crippen LogP contribution < -0.4 is 5.32 Å². The molecule has 1 unspecified atom stereocenters. The van der Waals surface area contributed by atoms with Gasteiger partial charge in [-0.25, -0.2) is 0 Å². The van der Waals surface area contributed by atoms with Gasteiger partial charge in [-0.1, -0.05) is 26.7 Å². The fraction of sp³-hybridized carbons (Fsp3) is 0.875. The maximum Gasteiger partial charge on any atom is 0.305 e. The summed E-state index contributed by atoms with van der Waals surface area (Å²) in [5, 5.41) is 12.0. The largest absolute Gasteiger partial charge is 0.481 e. The minimum atomic E-state index is -0.817. The van der Waals surface area contributed by atoms with Crippen molar-refractivity contribution in [2.24, 2.45) is 11.3 Å². The van der Waals surface area contributed by atoms with Crippen LogP contribution in [0, 0.1) is 11.3 Å². The average molecular weight is 281 g/mol. The summed E-state index contributed by atoms with van der Waals surface area (Å²) in [5.74, 6) is -0.341. The topological polar surface area (TPSA) is 66.4 Å². The molecule has 114 valence electrons. The summed E-state index contributed by atoms with van der Waals surface area (Å²) in [6.45, 7) is 4.50. The summed E-state index contributed by atoms with van der Waals surface area (Å²) in [4.78, 5) is 23.2. The van der Waals surface area contributed by atoms with E-state index in [1.807, 2.05) is 0 Å². The van der Waals surface area contributed by atoms with Gasteiger partial charge < -0.3 is 10.4 Å². The standard InChI is InChI=1S/C16H27NO3/c1-15(2)7-4-3-6-12(15)10-13(18)17-16(8-5-9-16)11-14(19)20/h12H,3-11H2,1-2H3,(H,17,18)(H,19,20). The van der Waals surface area contributed by atoms with Crippen LogP contribution in [0.3, 0.4) is 0 Å². The van der Waals surface area contributed by atoms with Crippen LogP contribution in [-0.2, 0) is 9.59 Å². The van der Waals surface area contributed by atoms with Crippen molar-refractivity contribution in [2.45, 2.75) is 77.2 Å². The van der Waals surface area contributed by atoms with Gasteiger partial charge in [0.05, 0.1) is 12.0 Å². The Morgan fingerprint density at radius 1 is 1.15 bits per heavy atom. The van der Waals surface area contributed by atoms with E-state index in [9.17, 15) is 9.59 Å². The second-order valence-corrected chi connectivity index (χ2v) is 7.39. The van der Waals surface area contributed by atoms with E-state index in [2.05, 4.69) is 19.2 Å². The van der Waals surface area contributed by atoms with Crippen molar-refractivity contribution in [3.8, 4) is 0 Å². The van der Waals surface area contributed by atoms with Crippen LogP contribution in [-0.4, -0.2) is 22.5 Å². The van der Waals surface area contributed by atoms with E-state index in [1.54, 1.807) is 0 Å². The van der Waals surface area contributed by atoms with Crippen molar-refractivity contribution >= 4 is 11.9 Å². The monoisotopic (exact) mass is 281 g/mol. The van der Waals surface area contributed by atoms with Crippen LogP contribution in [0.2, 0.25) is 0 Å². The van der Waals surface area contributed by atoms with Crippen LogP contribution in [0.4, 0.5) is 0 Å². The molecule has 0 bridgehead atoms. The Morgan fingerprint density at radius 3 is 2.35 bits per heavy atom. The number of carboxylic acids is 1. The second-order valence-electron chi connectivity index (χ2n) is 7.39. The number of amides is 1. The molecule has 0 aromatic rings. The lowest BCUT2D eigenvalue weighted by molar-refractivity contribution is -0.140. The van der Waals surface area contributed by atoms with Crippen molar-refractivity contribution in [3.05, 3.63) is 0 Å². The maximum absolute atomic E-state index is 12.3. The summed E-state index contributed by atoms with van der Waals surface area (Å²) in [6.07, 6.45) is 8.01. The van der Waals surface area contributed by atoms with Crippen LogP contribution in [0.1, 0.15) is 71.6 Å². The quantitative estimate of drug-likeness (QED) is 0.813. The summed E-state index contributed by atoms with van der Waals surface area (Å²) in [7, 11) is 0. The lowest BCUT2D eigenvalue weighted by Gasteiger charge is -2.43. The van der Waals surface area contributed by atoms with Crippen molar-refractivity contribution < 1.29 is 14.7 Å². The van der Waals surface area contributed by atoms with E-state index in [1.165, 1.54) is 19.3 Å². The van der Waals surface area contributed by atoms with Gasteiger partial charge >= 0.3 is 5.97 Å². The van der Waals surface area contributed by atoms with Crippen LogP contribution in [0.5, 0.6) is 0 Å². The molecule has 1 atom stereocenters. The third kappa shape index (κ3) is 3.53. The van der Waals surface area contributed by atoms with Crippen LogP contribution >= 0.6 is 0 Å². The predicted octanol–water partition coefficient (Wildman–Crippen LogP) is 3.11. The Labute approximate surface area is 121 Å². The highest BCUT2D eigenvalue weighted by Crippen LogP contribution is 2.42. The Kier molecular flexibility index (Phi) is 4.40. The first-order valence-electron chi connectivity index (χ1n) is 7.86. The van der Waals surface area contributed by atoms with E-state index in [-0.39, 0.29) is 17.7 Å². The fourth-order valence-electron chi connectivity index (χ4n) is 3.75. The number of carbonyl (C=O) groups is 2. The molecule has 2 aliphatic rings. The number of nitrogens with one attached hydrogen (secondary N) is 1.